The molecular weight excluding hydrogens is 677 g/mol. The number of nitrogens with zero attached hydrogens (tertiary/aromatic N) is 3. The first kappa shape index (κ1) is 25.9. The van der Waals surface area contributed by atoms with Crippen molar-refractivity contribution in [1.29, 1.82) is 0 Å². The maximum absolute atomic E-state index is 6.32. The molecule has 2 aliphatic heterocycles. The molecule has 2 aliphatic rings. The van der Waals surface area contributed by atoms with Gasteiger partial charge in [0.2, 0.25) is 0 Å². The Balaban J connectivity index is 1.30. The van der Waals surface area contributed by atoms with Gasteiger partial charge >= 0.3 is 0 Å². The Morgan fingerprint density at radius 1 is 0.500 bits per heavy atom. The summed E-state index contributed by atoms with van der Waals surface area (Å²) in [4.78, 5) is 13.2. The number of anilines is 2. The van der Waals surface area contributed by atoms with Gasteiger partial charge in [0.15, 0.2) is 9.68 Å². The van der Waals surface area contributed by atoms with Gasteiger partial charge in [-0.25, -0.2) is 9.98 Å². The van der Waals surface area contributed by atoms with Crippen molar-refractivity contribution in [2.45, 2.75) is 0 Å². The number of fused-ring (bicyclic) bond motifs is 7. The predicted octanol–water partition coefficient (Wildman–Crippen LogP) is 11.0. The first-order chi connectivity index (χ1) is 22.8. The van der Waals surface area contributed by atoms with Gasteiger partial charge in [0.05, 0.1) is 11.4 Å². The summed E-state index contributed by atoms with van der Waals surface area (Å²) in [6, 6.07) is 51.5. The maximum Gasteiger partial charge on any atom is 0.174 e. The van der Waals surface area contributed by atoms with E-state index in [1.165, 1.54) is 38.4 Å². The van der Waals surface area contributed by atoms with Crippen molar-refractivity contribution in [1.82, 2.24) is 0 Å². The number of para-hydroxylation sites is 1. The third-order valence-corrected chi connectivity index (χ3v) is 11.5. The van der Waals surface area contributed by atoms with Crippen molar-refractivity contribution in [3.8, 4) is 11.1 Å². The highest BCUT2D eigenvalue weighted by molar-refractivity contribution is 14.2. The van der Waals surface area contributed by atoms with Crippen LogP contribution in [0, 0.1) is 0 Å². The van der Waals surface area contributed by atoms with E-state index in [0.717, 1.165) is 52.1 Å². The van der Waals surface area contributed by atoms with Crippen LogP contribution in [-0.2, 0) is 0 Å². The average molecular weight is 702 g/mol. The van der Waals surface area contributed by atoms with Crippen LogP contribution < -0.4 is 4.90 Å². The third-order valence-electron chi connectivity index (χ3n) is 8.96. The molecule has 8 aromatic rings. The van der Waals surface area contributed by atoms with Crippen molar-refractivity contribution in [3.63, 3.8) is 0 Å². The van der Waals surface area contributed by atoms with E-state index in [1.807, 2.05) is 18.2 Å². The van der Waals surface area contributed by atoms with Crippen molar-refractivity contribution >= 4 is 88.9 Å². The monoisotopic (exact) mass is 701 g/mol. The summed E-state index contributed by atoms with van der Waals surface area (Å²) >= 11 is -0.846. The van der Waals surface area contributed by atoms with Gasteiger partial charge in [0.25, 0.3) is 0 Å². The zero-order valence-electron chi connectivity index (χ0n) is 24.5. The zero-order chi connectivity index (χ0) is 30.2. The lowest BCUT2D eigenvalue weighted by Gasteiger charge is -2.34. The van der Waals surface area contributed by atoms with Crippen LogP contribution in [0.5, 0.6) is 0 Å². The zero-order valence-corrected chi connectivity index (χ0v) is 26.6. The third kappa shape index (κ3) is 3.82. The molecule has 10 rings (SSSR count). The van der Waals surface area contributed by atoms with Crippen LogP contribution in [0.3, 0.4) is 0 Å². The number of hydrogen-bond donors (Lipinski definition) is 0. The van der Waals surface area contributed by atoms with Crippen LogP contribution in [0.1, 0.15) is 11.1 Å². The number of amidine groups is 2. The topological polar surface area (TPSA) is 41.1 Å². The number of halogens is 1. The fraction of sp³-hybridized carbons (Fsp3) is 0. The van der Waals surface area contributed by atoms with Crippen molar-refractivity contribution in [3.05, 3.63) is 157 Å². The summed E-state index contributed by atoms with van der Waals surface area (Å²) in [7, 11) is 0. The van der Waals surface area contributed by atoms with E-state index in [-0.39, 0.29) is 0 Å². The summed E-state index contributed by atoms with van der Waals surface area (Å²) in [5, 5.41) is 7.13. The molecule has 0 aliphatic carbocycles. The molecule has 0 saturated carbocycles. The molecule has 0 bridgehead atoms. The predicted molar refractivity (Wildman–Crippen MR) is 201 cm³/mol. The van der Waals surface area contributed by atoms with Gasteiger partial charge in [-0.15, -0.1) is 0 Å². The second-order valence-electron chi connectivity index (χ2n) is 11.5. The number of furan rings is 1. The Kier molecular flexibility index (Phi) is 5.66. The fourth-order valence-electron chi connectivity index (χ4n) is 6.95. The molecule has 4 nitrogen and oxygen atoms in total. The van der Waals surface area contributed by atoms with Crippen LogP contribution in [0.4, 0.5) is 11.4 Å². The summed E-state index contributed by atoms with van der Waals surface area (Å²) < 4.78 is 8.45. The highest BCUT2D eigenvalue weighted by atomic mass is 127. The van der Waals surface area contributed by atoms with Crippen LogP contribution in [0.2, 0.25) is 0 Å². The SMILES string of the molecule is c1ccc(C2=NC(c3cccc4oc5ccccc5c34)=IC(N3c4c(ccc5ccccc45)-c4cccc5cccc3c45)=N2)cc1. The Bertz CT molecular complexity index is 2640. The quantitative estimate of drug-likeness (QED) is 0.133. The van der Waals surface area contributed by atoms with Gasteiger partial charge in [-0.05, 0) is 55.3 Å². The van der Waals surface area contributed by atoms with E-state index in [2.05, 4.69) is 132 Å². The molecule has 3 heterocycles. The van der Waals surface area contributed by atoms with E-state index in [4.69, 9.17) is 14.4 Å². The molecule has 0 saturated heterocycles. The Morgan fingerprint density at radius 2 is 1.22 bits per heavy atom. The van der Waals surface area contributed by atoms with E-state index in [9.17, 15) is 0 Å². The minimum atomic E-state index is -0.846. The molecule has 0 unspecified atom stereocenters. The molecule has 7 aromatic carbocycles. The highest BCUT2D eigenvalue weighted by Gasteiger charge is 2.31. The lowest BCUT2D eigenvalue weighted by atomic mass is 9.89. The minimum Gasteiger partial charge on any atom is -0.456 e. The Labute approximate surface area is 274 Å². The Morgan fingerprint density at radius 3 is 2.13 bits per heavy atom. The lowest BCUT2D eigenvalue weighted by molar-refractivity contribution is 0.669. The largest absolute Gasteiger partial charge is 0.456 e. The first-order valence-electron chi connectivity index (χ1n) is 15.3. The second-order valence-corrected chi connectivity index (χ2v) is 14.1. The van der Waals surface area contributed by atoms with Crippen LogP contribution in [0.15, 0.2) is 160 Å². The number of rotatable bonds is 2. The average Bonchev–Trinajstić information content (AvgIpc) is 3.51. The molecule has 0 N–H and O–H groups in total. The fourth-order valence-corrected chi connectivity index (χ4v) is 9.59. The smallest absolute Gasteiger partial charge is 0.174 e. The second kappa shape index (κ2) is 10.1. The maximum atomic E-state index is 6.32. The summed E-state index contributed by atoms with van der Waals surface area (Å²) in [6.07, 6.45) is 0. The molecule has 0 radical (unpaired) electrons. The van der Waals surface area contributed by atoms with Crippen LogP contribution >= 0.6 is 20.7 Å². The van der Waals surface area contributed by atoms with Gasteiger partial charge in [-0.3, -0.25) is 4.90 Å². The normalized spacial score (nSPS) is 14.2. The molecule has 216 valence electrons. The standard InChI is InChI=1S/C41H24IN3O/c1-2-12-27(13-3-1)40-43-39(32-19-10-22-35-37(32)31-17-6-7-21-34(31)46-35)42-41(44-40)45-33-20-9-15-26-14-8-18-29(36(26)33)30-24-23-25-11-4-5-16-28(25)38(30)45/h1-24H. The van der Waals surface area contributed by atoms with Gasteiger partial charge in [-0.2, -0.15) is 0 Å². The minimum absolute atomic E-state index is 0.731. The van der Waals surface area contributed by atoms with E-state index < -0.39 is 20.7 Å². The van der Waals surface area contributed by atoms with E-state index >= 15 is 0 Å². The molecule has 5 heteroatoms. The van der Waals surface area contributed by atoms with E-state index in [0.29, 0.717) is 0 Å². The first-order valence-corrected chi connectivity index (χ1v) is 17.5. The molecular formula is C41H24IN3O. The van der Waals surface area contributed by atoms with Crippen LogP contribution in [-0.4, -0.2) is 13.3 Å². The molecule has 0 fully saturated rings. The lowest BCUT2D eigenvalue weighted by Crippen LogP contribution is -2.28. The van der Waals surface area contributed by atoms with Crippen molar-refractivity contribution < 1.29 is 4.42 Å². The summed E-state index contributed by atoms with van der Waals surface area (Å²) in [6.45, 7) is 0. The number of hydrogen-bond acceptors (Lipinski definition) is 4. The highest BCUT2D eigenvalue weighted by Crippen LogP contribution is 2.51. The van der Waals surface area contributed by atoms with Gasteiger partial charge in [0.1, 0.15) is 14.8 Å². The molecule has 0 amide bonds. The van der Waals surface area contributed by atoms with E-state index in [1.54, 1.807) is 0 Å². The van der Waals surface area contributed by atoms with Gasteiger partial charge in [0, 0.05) is 38.2 Å². The molecule has 1 aromatic heterocycles. The van der Waals surface area contributed by atoms with Gasteiger partial charge in [-0.1, -0.05) is 127 Å². The molecule has 46 heavy (non-hydrogen) atoms. The molecule has 0 atom stereocenters. The number of aliphatic imine (C=N–C) groups is 2. The van der Waals surface area contributed by atoms with Gasteiger partial charge < -0.3 is 4.42 Å². The van der Waals surface area contributed by atoms with Crippen molar-refractivity contribution in [2.75, 3.05) is 4.90 Å². The summed E-state index contributed by atoms with van der Waals surface area (Å²) in [5.41, 5.74) is 8.71. The Hall–Kier alpha value is -5.40. The summed E-state index contributed by atoms with van der Waals surface area (Å²) in [5.74, 6) is 0.731. The van der Waals surface area contributed by atoms with Crippen molar-refractivity contribution in [2.24, 2.45) is 9.98 Å². The van der Waals surface area contributed by atoms with Crippen LogP contribution in [0.25, 0.3) is 54.6 Å². The number of benzene rings is 7. The molecule has 0 spiro atoms.